The Morgan fingerprint density at radius 2 is 2.14 bits per heavy atom. The lowest BCUT2D eigenvalue weighted by atomic mass is 9.85. The largest absolute Gasteiger partial charge is 0.449 e. The molecular formula is C17H23ClINO2. The van der Waals surface area contributed by atoms with E-state index in [-0.39, 0.29) is 11.9 Å². The summed E-state index contributed by atoms with van der Waals surface area (Å²) >= 11 is 8.13. The lowest BCUT2D eigenvalue weighted by molar-refractivity contribution is -0.149. The quantitative estimate of drug-likeness (QED) is 0.285. The zero-order valence-corrected chi connectivity index (χ0v) is 16.2. The summed E-state index contributed by atoms with van der Waals surface area (Å²) in [5.74, 6) is -0.0412. The summed E-state index contributed by atoms with van der Waals surface area (Å²) in [5.41, 5.74) is 7.90. The molecule has 2 N–H and O–H groups in total. The molecular weight excluding hydrogens is 413 g/mol. The van der Waals surface area contributed by atoms with Gasteiger partial charge < -0.3 is 10.5 Å². The maximum absolute atomic E-state index is 12.2. The van der Waals surface area contributed by atoms with Crippen LogP contribution in [0.5, 0.6) is 0 Å². The van der Waals surface area contributed by atoms with Crippen molar-refractivity contribution in [3.63, 3.8) is 0 Å². The third-order valence-corrected chi connectivity index (χ3v) is 4.67. The van der Waals surface area contributed by atoms with E-state index in [1.807, 2.05) is 32.0 Å². The molecule has 1 aliphatic carbocycles. The summed E-state index contributed by atoms with van der Waals surface area (Å²) in [7, 11) is 0. The van der Waals surface area contributed by atoms with E-state index in [4.69, 9.17) is 22.1 Å². The smallest absolute Gasteiger partial charge is 0.307 e. The van der Waals surface area contributed by atoms with Gasteiger partial charge in [0, 0.05) is 0 Å². The summed E-state index contributed by atoms with van der Waals surface area (Å²) < 4.78 is 4.98. The molecule has 0 aliphatic heterocycles. The van der Waals surface area contributed by atoms with Gasteiger partial charge in [0.05, 0.1) is 17.1 Å². The second-order valence-electron chi connectivity index (χ2n) is 7.03. The third kappa shape index (κ3) is 5.30. The first-order chi connectivity index (χ1) is 10.1. The number of esters is 1. The van der Waals surface area contributed by atoms with Crippen LogP contribution < -0.4 is 5.73 Å². The van der Waals surface area contributed by atoms with E-state index in [2.05, 4.69) is 29.5 Å². The van der Waals surface area contributed by atoms with Crippen molar-refractivity contribution in [1.29, 1.82) is 0 Å². The fourth-order valence-electron chi connectivity index (χ4n) is 2.65. The Morgan fingerprint density at radius 1 is 1.50 bits per heavy atom. The zero-order valence-electron chi connectivity index (χ0n) is 13.3. The summed E-state index contributed by atoms with van der Waals surface area (Å²) in [5, 5.41) is 0.552. The van der Waals surface area contributed by atoms with Gasteiger partial charge in [-0.1, -0.05) is 24.6 Å². The van der Waals surface area contributed by atoms with E-state index in [9.17, 15) is 4.79 Å². The Hall–Kier alpha value is -0.490. The summed E-state index contributed by atoms with van der Waals surface area (Å²) in [4.78, 5) is 12.2. The molecule has 0 spiro atoms. The molecule has 1 saturated carbocycles. The maximum atomic E-state index is 12.2. The van der Waals surface area contributed by atoms with Gasteiger partial charge in [-0.3, -0.25) is 4.79 Å². The van der Waals surface area contributed by atoms with Crippen molar-refractivity contribution in [3.8, 4) is 0 Å². The van der Waals surface area contributed by atoms with Crippen LogP contribution in [0.25, 0.3) is 0 Å². The molecule has 0 radical (unpaired) electrons. The van der Waals surface area contributed by atoms with Crippen LogP contribution in [0.3, 0.4) is 0 Å². The average molecular weight is 436 g/mol. The SMILES string of the molecule is CC1(CC(CC(=O)OC(C)(C)I)c2ccc(Cl)c(N)c2)CC1. The molecule has 5 heteroatoms. The van der Waals surface area contributed by atoms with Crippen LogP contribution in [0.4, 0.5) is 5.69 Å². The Labute approximate surface area is 151 Å². The van der Waals surface area contributed by atoms with Crippen molar-refractivity contribution in [2.45, 2.75) is 56.0 Å². The van der Waals surface area contributed by atoms with Crippen LogP contribution in [0.2, 0.25) is 5.02 Å². The average Bonchev–Trinajstić information content (AvgIpc) is 3.07. The van der Waals surface area contributed by atoms with Crippen molar-refractivity contribution in [3.05, 3.63) is 28.8 Å². The Morgan fingerprint density at radius 3 is 2.64 bits per heavy atom. The topological polar surface area (TPSA) is 52.3 Å². The highest BCUT2D eigenvalue weighted by Crippen LogP contribution is 2.52. The molecule has 1 unspecified atom stereocenters. The van der Waals surface area contributed by atoms with E-state index >= 15 is 0 Å². The van der Waals surface area contributed by atoms with E-state index < -0.39 is 3.61 Å². The van der Waals surface area contributed by atoms with Gasteiger partial charge in [0.15, 0.2) is 3.61 Å². The highest BCUT2D eigenvalue weighted by molar-refractivity contribution is 14.1. The first-order valence-electron chi connectivity index (χ1n) is 7.54. The van der Waals surface area contributed by atoms with Gasteiger partial charge in [0.1, 0.15) is 0 Å². The van der Waals surface area contributed by atoms with Crippen LogP contribution in [0.15, 0.2) is 18.2 Å². The molecule has 0 saturated heterocycles. The predicted molar refractivity (Wildman–Crippen MR) is 99.4 cm³/mol. The highest BCUT2D eigenvalue weighted by atomic mass is 127. The van der Waals surface area contributed by atoms with Gasteiger partial charge in [-0.15, -0.1) is 0 Å². The third-order valence-electron chi connectivity index (χ3n) is 4.10. The molecule has 0 heterocycles. The molecule has 0 amide bonds. The summed E-state index contributed by atoms with van der Waals surface area (Å²) in [6.07, 6.45) is 3.80. The predicted octanol–water partition coefficient (Wildman–Crippen LogP) is 5.30. The van der Waals surface area contributed by atoms with Gasteiger partial charge in [0.2, 0.25) is 0 Å². The summed E-state index contributed by atoms with van der Waals surface area (Å²) in [6, 6.07) is 5.67. The van der Waals surface area contributed by atoms with Gasteiger partial charge >= 0.3 is 5.97 Å². The Kier molecular flexibility index (Phi) is 5.32. The highest BCUT2D eigenvalue weighted by Gasteiger charge is 2.40. The van der Waals surface area contributed by atoms with E-state index in [0.717, 1.165) is 12.0 Å². The van der Waals surface area contributed by atoms with E-state index in [1.54, 1.807) is 0 Å². The van der Waals surface area contributed by atoms with E-state index in [0.29, 0.717) is 22.5 Å². The molecule has 0 aromatic heterocycles. The van der Waals surface area contributed by atoms with Crippen molar-refractivity contribution in [1.82, 2.24) is 0 Å². The molecule has 1 aromatic rings. The first-order valence-corrected chi connectivity index (χ1v) is 8.99. The molecule has 0 bridgehead atoms. The number of hydrogen-bond donors (Lipinski definition) is 1. The summed E-state index contributed by atoms with van der Waals surface area (Å²) in [6.45, 7) is 6.03. The normalized spacial score (nSPS) is 17.9. The second-order valence-corrected chi connectivity index (χ2v) is 10.0. The standard InChI is InChI=1S/C17H23ClINO2/c1-16(2,19)22-15(21)9-12(10-17(3)6-7-17)11-4-5-13(18)14(20)8-11/h4-5,8,12H,6-7,9-10,20H2,1-3H3. The van der Waals surface area contributed by atoms with E-state index in [1.165, 1.54) is 12.8 Å². The van der Waals surface area contributed by atoms with Crippen LogP contribution in [-0.2, 0) is 9.53 Å². The molecule has 1 fully saturated rings. The van der Waals surface area contributed by atoms with Crippen molar-refractivity contribution >= 4 is 45.8 Å². The van der Waals surface area contributed by atoms with Gasteiger partial charge in [-0.25, -0.2) is 0 Å². The van der Waals surface area contributed by atoms with Gasteiger partial charge in [-0.2, -0.15) is 0 Å². The minimum atomic E-state index is -0.484. The van der Waals surface area contributed by atoms with Crippen LogP contribution in [0, 0.1) is 5.41 Å². The van der Waals surface area contributed by atoms with Crippen molar-refractivity contribution in [2.24, 2.45) is 5.41 Å². The number of benzene rings is 1. The van der Waals surface area contributed by atoms with Gasteiger partial charge in [-0.05, 0) is 84.7 Å². The number of hydrogen-bond acceptors (Lipinski definition) is 3. The Bertz CT molecular complexity index is 564. The lowest BCUT2D eigenvalue weighted by Gasteiger charge is -2.23. The van der Waals surface area contributed by atoms with Crippen LogP contribution in [-0.4, -0.2) is 9.58 Å². The number of nitrogens with two attached hydrogens (primary N) is 1. The van der Waals surface area contributed by atoms with Crippen LogP contribution in [0.1, 0.15) is 57.9 Å². The molecule has 3 nitrogen and oxygen atoms in total. The lowest BCUT2D eigenvalue weighted by Crippen LogP contribution is -2.22. The van der Waals surface area contributed by atoms with Crippen molar-refractivity contribution in [2.75, 3.05) is 5.73 Å². The monoisotopic (exact) mass is 435 g/mol. The fourth-order valence-corrected chi connectivity index (χ4v) is 3.01. The molecule has 22 heavy (non-hydrogen) atoms. The number of alkyl halides is 1. The fraction of sp³-hybridized carbons (Fsp3) is 0.588. The number of carbonyl (C=O) groups excluding carboxylic acids is 1. The Balaban J connectivity index is 2.15. The zero-order chi connectivity index (χ0) is 16.5. The number of carbonyl (C=O) groups is 1. The minimum Gasteiger partial charge on any atom is -0.449 e. The number of nitrogen functional groups attached to an aromatic ring is 1. The number of halogens is 2. The molecule has 1 aliphatic rings. The second kappa shape index (κ2) is 6.56. The molecule has 2 rings (SSSR count). The molecule has 1 aromatic carbocycles. The minimum absolute atomic E-state index is 0.123. The molecule has 1 atom stereocenters. The maximum Gasteiger partial charge on any atom is 0.307 e. The molecule has 122 valence electrons. The first kappa shape index (κ1) is 17.9. The number of anilines is 1. The van der Waals surface area contributed by atoms with Crippen LogP contribution >= 0.6 is 34.2 Å². The van der Waals surface area contributed by atoms with Gasteiger partial charge in [0.25, 0.3) is 0 Å². The van der Waals surface area contributed by atoms with Crippen molar-refractivity contribution < 1.29 is 9.53 Å². The number of ether oxygens (including phenoxy) is 1. The number of rotatable bonds is 6.